The quantitative estimate of drug-likeness (QED) is 0.773. The molecule has 4 heteroatoms. The van der Waals surface area contributed by atoms with Gasteiger partial charge < -0.3 is 15.7 Å². The second-order valence-electron chi connectivity index (χ2n) is 7.52. The normalized spacial score (nSPS) is 30.3. The van der Waals surface area contributed by atoms with Gasteiger partial charge in [0.15, 0.2) is 0 Å². The van der Waals surface area contributed by atoms with E-state index in [9.17, 15) is 5.11 Å². The van der Waals surface area contributed by atoms with Crippen LogP contribution >= 0.6 is 11.8 Å². The van der Waals surface area contributed by atoms with Crippen molar-refractivity contribution >= 4 is 11.8 Å². The number of fused-ring (bicyclic) bond motifs is 1. The van der Waals surface area contributed by atoms with Crippen LogP contribution in [-0.2, 0) is 0 Å². The van der Waals surface area contributed by atoms with Crippen LogP contribution in [-0.4, -0.2) is 47.5 Å². The summed E-state index contributed by atoms with van der Waals surface area (Å²) in [6, 6.07) is -0.162. The molecule has 1 saturated heterocycles. The van der Waals surface area contributed by atoms with E-state index in [-0.39, 0.29) is 6.04 Å². The number of piperidine rings is 1. The first kappa shape index (κ1) is 18.2. The summed E-state index contributed by atoms with van der Waals surface area (Å²) in [6.07, 6.45) is 18.1. The highest BCUT2D eigenvalue weighted by Crippen LogP contribution is 2.36. The second kappa shape index (κ2) is 9.23. The standard InChI is InChI=1S/C20H32N2OS/c21-19(15-24-18-9-3-1-2-4-10-18)20(23)14-22-12-11-16-7-5-6-8-17(16)13-22/h1-3,9-10,16-17,19-20,23H,4-8,11-15,21H2. The molecule has 0 amide bonds. The Morgan fingerprint density at radius 2 is 2.04 bits per heavy atom. The zero-order chi connectivity index (χ0) is 16.8. The van der Waals surface area contributed by atoms with Crippen molar-refractivity contribution < 1.29 is 5.11 Å². The maximum atomic E-state index is 10.5. The summed E-state index contributed by atoms with van der Waals surface area (Å²) in [6.45, 7) is 3.04. The number of aliphatic hydroxyl groups is 1. The van der Waals surface area contributed by atoms with Gasteiger partial charge in [-0.25, -0.2) is 0 Å². The summed E-state index contributed by atoms with van der Waals surface area (Å²) in [5.41, 5.74) is 6.26. The Kier molecular flexibility index (Phi) is 7.02. The minimum absolute atomic E-state index is 0.162. The summed E-state index contributed by atoms with van der Waals surface area (Å²) < 4.78 is 0. The fourth-order valence-corrected chi connectivity index (χ4v) is 5.21. The van der Waals surface area contributed by atoms with Crippen molar-refractivity contribution in [3.8, 4) is 0 Å². The predicted octanol–water partition coefficient (Wildman–Crippen LogP) is 3.32. The highest BCUT2D eigenvalue weighted by atomic mass is 32.2. The topological polar surface area (TPSA) is 49.5 Å². The number of allylic oxidation sites excluding steroid dienone is 5. The molecular formula is C20H32N2OS. The monoisotopic (exact) mass is 348 g/mol. The van der Waals surface area contributed by atoms with E-state index in [4.69, 9.17) is 5.73 Å². The summed E-state index contributed by atoms with van der Waals surface area (Å²) >= 11 is 1.76. The second-order valence-corrected chi connectivity index (χ2v) is 8.62. The van der Waals surface area contributed by atoms with Crippen molar-refractivity contribution in [3.05, 3.63) is 35.3 Å². The smallest absolute Gasteiger partial charge is 0.0825 e. The summed E-state index contributed by atoms with van der Waals surface area (Å²) in [4.78, 5) is 3.71. The molecular weight excluding hydrogens is 316 g/mol. The Labute approximate surface area is 151 Å². The molecule has 24 heavy (non-hydrogen) atoms. The average molecular weight is 349 g/mol. The maximum Gasteiger partial charge on any atom is 0.0825 e. The van der Waals surface area contributed by atoms with E-state index in [1.807, 2.05) is 0 Å². The SMILES string of the molecule is NC(CSC1=CCC=CC=C1)C(O)CN1CCC2CCCCC2C1. The number of β-amino-alcohol motifs (C(OH)–C–C–N with tert-alkyl or cyclic N) is 1. The van der Waals surface area contributed by atoms with Crippen LogP contribution in [0.4, 0.5) is 0 Å². The molecule has 1 saturated carbocycles. The van der Waals surface area contributed by atoms with Gasteiger partial charge in [0.1, 0.15) is 0 Å². The zero-order valence-electron chi connectivity index (χ0n) is 14.6. The Morgan fingerprint density at radius 1 is 1.21 bits per heavy atom. The van der Waals surface area contributed by atoms with E-state index >= 15 is 0 Å². The van der Waals surface area contributed by atoms with Gasteiger partial charge in [-0.1, -0.05) is 43.6 Å². The third kappa shape index (κ3) is 5.22. The average Bonchev–Trinajstić information content (AvgIpc) is 2.88. The van der Waals surface area contributed by atoms with Crippen molar-refractivity contribution in [1.82, 2.24) is 4.90 Å². The van der Waals surface area contributed by atoms with Crippen molar-refractivity contribution in [3.63, 3.8) is 0 Å². The summed E-state index contributed by atoms with van der Waals surface area (Å²) in [5, 5.41) is 10.5. The van der Waals surface area contributed by atoms with Crippen LogP contribution in [0.2, 0.25) is 0 Å². The molecule has 0 aromatic heterocycles. The first-order chi connectivity index (χ1) is 11.7. The number of nitrogens with zero attached hydrogens (tertiary/aromatic N) is 1. The van der Waals surface area contributed by atoms with Gasteiger partial charge in [0.05, 0.1) is 6.10 Å². The molecule has 0 radical (unpaired) electrons. The molecule has 3 rings (SSSR count). The molecule has 4 atom stereocenters. The molecule has 0 bridgehead atoms. The highest BCUT2D eigenvalue weighted by Gasteiger charge is 2.32. The molecule has 0 spiro atoms. The predicted molar refractivity (Wildman–Crippen MR) is 104 cm³/mol. The van der Waals surface area contributed by atoms with E-state index < -0.39 is 6.10 Å². The van der Waals surface area contributed by atoms with Gasteiger partial charge in [0, 0.05) is 29.8 Å². The molecule has 2 fully saturated rings. The van der Waals surface area contributed by atoms with Crippen LogP contribution < -0.4 is 5.73 Å². The lowest BCUT2D eigenvalue weighted by molar-refractivity contribution is 0.0400. The van der Waals surface area contributed by atoms with Crippen LogP contribution in [0.3, 0.4) is 0 Å². The van der Waals surface area contributed by atoms with Crippen LogP contribution in [0.5, 0.6) is 0 Å². The van der Waals surface area contributed by atoms with Gasteiger partial charge in [-0.05, 0) is 43.7 Å². The van der Waals surface area contributed by atoms with Crippen LogP contribution in [0.15, 0.2) is 35.3 Å². The Bertz CT molecular complexity index is 488. The largest absolute Gasteiger partial charge is 0.390 e. The molecule has 0 aromatic carbocycles. The summed E-state index contributed by atoms with van der Waals surface area (Å²) in [5.74, 6) is 2.58. The number of nitrogens with two attached hydrogens (primary N) is 1. The lowest BCUT2D eigenvalue weighted by atomic mass is 9.75. The molecule has 2 aliphatic carbocycles. The van der Waals surface area contributed by atoms with Crippen LogP contribution in [0.25, 0.3) is 0 Å². The molecule has 1 heterocycles. The molecule has 3 nitrogen and oxygen atoms in total. The lowest BCUT2D eigenvalue weighted by Crippen LogP contribution is -2.49. The minimum Gasteiger partial charge on any atom is -0.390 e. The first-order valence-electron chi connectivity index (χ1n) is 9.54. The van der Waals surface area contributed by atoms with Crippen molar-refractivity contribution in [2.75, 3.05) is 25.4 Å². The van der Waals surface area contributed by atoms with Crippen molar-refractivity contribution in [1.29, 1.82) is 0 Å². The molecule has 1 aliphatic heterocycles. The molecule has 4 unspecified atom stereocenters. The van der Waals surface area contributed by atoms with Gasteiger partial charge in [-0.2, -0.15) is 0 Å². The number of thioether (sulfide) groups is 1. The van der Waals surface area contributed by atoms with E-state index in [1.165, 1.54) is 43.6 Å². The van der Waals surface area contributed by atoms with Crippen LogP contribution in [0, 0.1) is 11.8 Å². The molecule has 3 aliphatic rings. The molecule has 134 valence electrons. The van der Waals surface area contributed by atoms with Gasteiger partial charge in [0.25, 0.3) is 0 Å². The number of hydrogen-bond donors (Lipinski definition) is 2. The lowest BCUT2D eigenvalue weighted by Gasteiger charge is -2.42. The van der Waals surface area contributed by atoms with Gasteiger partial charge >= 0.3 is 0 Å². The third-order valence-electron chi connectivity index (χ3n) is 5.72. The number of likely N-dealkylation sites (tertiary alicyclic amines) is 1. The molecule has 0 aromatic rings. The zero-order valence-corrected chi connectivity index (χ0v) is 15.5. The van der Waals surface area contributed by atoms with Crippen LogP contribution in [0.1, 0.15) is 38.5 Å². The van der Waals surface area contributed by atoms with E-state index in [2.05, 4.69) is 35.3 Å². The van der Waals surface area contributed by atoms with Gasteiger partial charge in [-0.3, -0.25) is 0 Å². The Hall–Kier alpha value is -0.550. The highest BCUT2D eigenvalue weighted by molar-refractivity contribution is 8.03. The first-order valence-corrected chi connectivity index (χ1v) is 10.5. The van der Waals surface area contributed by atoms with E-state index in [0.717, 1.165) is 37.1 Å². The van der Waals surface area contributed by atoms with Gasteiger partial charge in [-0.15, -0.1) is 11.8 Å². The third-order valence-corrected chi connectivity index (χ3v) is 6.91. The number of aliphatic hydroxyl groups excluding tert-OH is 1. The van der Waals surface area contributed by atoms with Gasteiger partial charge in [0.2, 0.25) is 0 Å². The number of rotatable bonds is 6. The number of hydrogen-bond acceptors (Lipinski definition) is 4. The summed E-state index contributed by atoms with van der Waals surface area (Å²) in [7, 11) is 0. The fraction of sp³-hybridized carbons (Fsp3) is 0.700. The molecule has 3 N–H and O–H groups in total. The van der Waals surface area contributed by atoms with E-state index in [0.29, 0.717) is 0 Å². The minimum atomic E-state index is -0.425. The Morgan fingerprint density at radius 3 is 2.92 bits per heavy atom. The maximum absolute atomic E-state index is 10.5. The van der Waals surface area contributed by atoms with Crippen molar-refractivity contribution in [2.24, 2.45) is 17.6 Å². The van der Waals surface area contributed by atoms with Crippen molar-refractivity contribution in [2.45, 2.75) is 50.7 Å². The fourth-order valence-electron chi connectivity index (χ4n) is 4.21. The van der Waals surface area contributed by atoms with E-state index in [1.54, 1.807) is 11.8 Å². The Balaban J connectivity index is 1.41.